The van der Waals surface area contributed by atoms with Crippen LogP contribution in [-0.2, 0) is 14.3 Å². The van der Waals surface area contributed by atoms with Crippen LogP contribution in [0.1, 0.15) is 24.3 Å². The fourth-order valence-electron chi connectivity index (χ4n) is 2.50. The van der Waals surface area contributed by atoms with Gasteiger partial charge in [-0.1, -0.05) is 18.2 Å². The predicted molar refractivity (Wildman–Crippen MR) is 65.6 cm³/mol. The standard InChI is InChI=1S/C14H14F2O4/c1-19-13(18)8-6-10(11(17)7-8)9-4-2-3-5-12(9)20-14(15)16/h2-5,8,10,14H,6-7H2,1H3/t8-,10-/m0/s1. The van der Waals surface area contributed by atoms with Crippen LogP contribution in [0.3, 0.4) is 0 Å². The number of benzene rings is 1. The summed E-state index contributed by atoms with van der Waals surface area (Å²) in [6.45, 7) is -2.95. The molecule has 0 unspecified atom stereocenters. The van der Waals surface area contributed by atoms with E-state index in [0.29, 0.717) is 5.56 Å². The highest BCUT2D eigenvalue weighted by Gasteiger charge is 2.39. The van der Waals surface area contributed by atoms with Crippen molar-refractivity contribution in [2.45, 2.75) is 25.4 Å². The lowest BCUT2D eigenvalue weighted by Gasteiger charge is -2.14. The van der Waals surface area contributed by atoms with Crippen LogP contribution in [0.25, 0.3) is 0 Å². The third kappa shape index (κ3) is 2.95. The summed E-state index contributed by atoms with van der Waals surface area (Å²) in [7, 11) is 1.26. The Morgan fingerprint density at radius 2 is 2.05 bits per heavy atom. The Morgan fingerprint density at radius 1 is 1.35 bits per heavy atom. The highest BCUT2D eigenvalue weighted by Crippen LogP contribution is 2.40. The summed E-state index contributed by atoms with van der Waals surface area (Å²) in [5.74, 6) is -1.75. The molecular formula is C14H14F2O4. The van der Waals surface area contributed by atoms with Crippen LogP contribution in [0, 0.1) is 5.92 Å². The minimum atomic E-state index is -2.95. The number of rotatable bonds is 4. The first-order valence-corrected chi connectivity index (χ1v) is 6.17. The Hall–Kier alpha value is -1.98. The van der Waals surface area contributed by atoms with Gasteiger partial charge < -0.3 is 9.47 Å². The average Bonchev–Trinajstić information content (AvgIpc) is 2.80. The number of methoxy groups -OCH3 is 1. The monoisotopic (exact) mass is 284 g/mol. The molecule has 108 valence electrons. The number of Topliss-reactive ketones (excluding diaryl/α,β-unsaturated/α-hetero) is 1. The Kier molecular flexibility index (Phi) is 4.32. The Bertz CT molecular complexity index is 516. The smallest absolute Gasteiger partial charge is 0.387 e. The van der Waals surface area contributed by atoms with Gasteiger partial charge in [0.05, 0.1) is 13.0 Å². The maximum atomic E-state index is 12.4. The second-order valence-corrected chi connectivity index (χ2v) is 4.60. The van der Waals surface area contributed by atoms with E-state index in [2.05, 4.69) is 9.47 Å². The van der Waals surface area contributed by atoms with Crippen molar-refractivity contribution in [1.29, 1.82) is 0 Å². The van der Waals surface area contributed by atoms with Gasteiger partial charge in [-0.05, 0) is 12.5 Å². The first kappa shape index (κ1) is 14.4. The van der Waals surface area contributed by atoms with Gasteiger partial charge in [0.15, 0.2) is 0 Å². The Balaban J connectivity index is 2.24. The van der Waals surface area contributed by atoms with Crippen LogP contribution in [0.5, 0.6) is 5.75 Å². The van der Waals surface area contributed by atoms with Gasteiger partial charge in [0.1, 0.15) is 11.5 Å². The lowest BCUT2D eigenvalue weighted by Crippen LogP contribution is -2.13. The largest absolute Gasteiger partial charge is 0.469 e. The van der Waals surface area contributed by atoms with Crippen LogP contribution >= 0.6 is 0 Å². The fourth-order valence-corrected chi connectivity index (χ4v) is 2.50. The fraction of sp³-hybridized carbons (Fsp3) is 0.429. The molecule has 0 aliphatic heterocycles. The average molecular weight is 284 g/mol. The molecule has 6 heteroatoms. The number of carbonyl (C=O) groups excluding carboxylic acids is 2. The van der Waals surface area contributed by atoms with Crippen molar-refractivity contribution >= 4 is 11.8 Å². The molecule has 1 fully saturated rings. The number of halogens is 2. The maximum Gasteiger partial charge on any atom is 0.387 e. The summed E-state index contributed by atoms with van der Waals surface area (Å²) >= 11 is 0. The molecule has 0 spiro atoms. The van der Waals surface area contributed by atoms with Crippen molar-refractivity contribution < 1.29 is 27.8 Å². The van der Waals surface area contributed by atoms with Crippen molar-refractivity contribution in [2.24, 2.45) is 5.92 Å². The third-order valence-corrected chi connectivity index (χ3v) is 3.40. The minimum Gasteiger partial charge on any atom is -0.469 e. The van der Waals surface area contributed by atoms with Crippen molar-refractivity contribution in [2.75, 3.05) is 7.11 Å². The second-order valence-electron chi connectivity index (χ2n) is 4.60. The Labute approximate surface area is 114 Å². The molecule has 1 aliphatic carbocycles. The SMILES string of the molecule is COC(=O)[C@@H]1CC(=O)[C@H](c2ccccc2OC(F)F)C1. The number of esters is 1. The van der Waals surface area contributed by atoms with E-state index in [4.69, 9.17) is 0 Å². The quantitative estimate of drug-likeness (QED) is 0.797. The lowest BCUT2D eigenvalue weighted by atomic mass is 9.95. The molecule has 0 bridgehead atoms. The highest BCUT2D eigenvalue weighted by atomic mass is 19.3. The van der Waals surface area contributed by atoms with E-state index in [-0.39, 0.29) is 24.4 Å². The van der Waals surface area contributed by atoms with Gasteiger partial charge in [-0.15, -0.1) is 0 Å². The first-order valence-electron chi connectivity index (χ1n) is 6.17. The molecular weight excluding hydrogens is 270 g/mol. The molecule has 20 heavy (non-hydrogen) atoms. The van der Waals surface area contributed by atoms with Gasteiger partial charge in [0.2, 0.25) is 0 Å². The normalized spacial score (nSPS) is 22.1. The third-order valence-electron chi connectivity index (χ3n) is 3.40. The molecule has 1 aliphatic rings. The topological polar surface area (TPSA) is 52.6 Å². The van der Waals surface area contributed by atoms with Gasteiger partial charge in [-0.3, -0.25) is 9.59 Å². The van der Waals surface area contributed by atoms with Gasteiger partial charge in [-0.2, -0.15) is 8.78 Å². The molecule has 0 N–H and O–H groups in total. The molecule has 2 atom stereocenters. The lowest BCUT2D eigenvalue weighted by molar-refractivity contribution is -0.145. The van der Waals surface area contributed by atoms with E-state index in [1.54, 1.807) is 18.2 Å². The summed E-state index contributed by atoms with van der Waals surface area (Å²) in [5.41, 5.74) is 0.393. The number of ether oxygens (including phenoxy) is 2. The molecule has 1 saturated carbocycles. The Morgan fingerprint density at radius 3 is 2.70 bits per heavy atom. The van der Waals surface area contributed by atoms with Crippen LogP contribution in [0.15, 0.2) is 24.3 Å². The number of ketones is 1. The molecule has 0 saturated heterocycles. The number of hydrogen-bond acceptors (Lipinski definition) is 4. The van der Waals surface area contributed by atoms with E-state index < -0.39 is 24.4 Å². The zero-order valence-electron chi connectivity index (χ0n) is 10.8. The molecule has 0 radical (unpaired) electrons. The van der Waals surface area contributed by atoms with Crippen LogP contribution < -0.4 is 4.74 Å². The first-order chi connectivity index (χ1) is 9.52. The molecule has 0 heterocycles. The summed E-state index contributed by atoms with van der Waals surface area (Å²) < 4.78 is 33.8. The highest BCUT2D eigenvalue weighted by molar-refractivity contribution is 5.93. The molecule has 1 aromatic carbocycles. The van der Waals surface area contributed by atoms with Crippen LogP contribution in [0.4, 0.5) is 8.78 Å². The summed E-state index contributed by atoms with van der Waals surface area (Å²) in [6.07, 6.45) is 0.329. The second kappa shape index (κ2) is 5.98. The van der Waals surface area contributed by atoms with Crippen LogP contribution in [0.2, 0.25) is 0 Å². The molecule has 0 aromatic heterocycles. The molecule has 2 rings (SSSR count). The number of carbonyl (C=O) groups is 2. The summed E-state index contributed by atoms with van der Waals surface area (Å²) in [6, 6.07) is 6.16. The number of alkyl halides is 2. The van der Waals surface area contributed by atoms with Crippen molar-refractivity contribution in [1.82, 2.24) is 0 Å². The van der Waals surface area contributed by atoms with E-state index in [1.807, 2.05) is 0 Å². The number of hydrogen-bond donors (Lipinski definition) is 0. The van der Waals surface area contributed by atoms with Crippen molar-refractivity contribution in [3.05, 3.63) is 29.8 Å². The number of para-hydroxylation sites is 1. The van der Waals surface area contributed by atoms with Gasteiger partial charge in [0.25, 0.3) is 0 Å². The summed E-state index contributed by atoms with van der Waals surface area (Å²) in [4.78, 5) is 23.5. The van der Waals surface area contributed by atoms with Gasteiger partial charge >= 0.3 is 12.6 Å². The molecule has 0 amide bonds. The van der Waals surface area contributed by atoms with Gasteiger partial charge in [-0.25, -0.2) is 0 Å². The van der Waals surface area contributed by atoms with Crippen molar-refractivity contribution in [3.8, 4) is 5.75 Å². The minimum absolute atomic E-state index is 0.0219. The summed E-state index contributed by atoms with van der Waals surface area (Å²) in [5, 5.41) is 0. The molecule has 4 nitrogen and oxygen atoms in total. The van der Waals surface area contributed by atoms with E-state index in [0.717, 1.165) is 0 Å². The van der Waals surface area contributed by atoms with E-state index in [1.165, 1.54) is 13.2 Å². The van der Waals surface area contributed by atoms with Crippen molar-refractivity contribution in [3.63, 3.8) is 0 Å². The zero-order valence-corrected chi connectivity index (χ0v) is 10.8. The predicted octanol–water partition coefficient (Wildman–Crippen LogP) is 2.52. The van der Waals surface area contributed by atoms with E-state index >= 15 is 0 Å². The van der Waals surface area contributed by atoms with Crippen LogP contribution in [-0.4, -0.2) is 25.5 Å². The maximum absolute atomic E-state index is 12.4. The van der Waals surface area contributed by atoms with Gasteiger partial charge in [0, 0.05) is 17.9 Å². The zero-order chi connectivity index (χ0) is 14.7. The van der Waals surface area contributed by atoms with E-state index in [9.17, 15) is 18.4 Å². The molecule has 1 aromatic rings.